The van der Waals surface area contributed by atoms with Crippen LogP contribution in [0.2, 0.25) is 54.4 Å². The average Bonchev–Trinajstić information content (AvgIpc) is 3.40. The Morgan fingerprint density at radius 3 is 1.94 bits per heavy atom. The second-order valence-electron chi connectivity index (χ2n) is 19.3. The van der Waals surface area contributed by atoms with Crippen molar-refractivity contribution in [3.8, 4) is 0 Å². The van der Waals surface area contributed by atoms with Crippen LogP contribution in [0.25, 0.3) is 10.9 Å². The van der Waals surface area contributed by atoms with Gasteiger partial charge in [0.15, 0.2) is 25.0 Å². The summed E-state index contributed by atoms with van der Waals surface area (Å²) in [6.07, 6.45) is 6.73. The van der Waals surface area contributed by atoms with Gasteiger partial charge in [-0.25, -0.2) is 0 Å². The molecule has 0 aliphatic carbocycles. The fourth-order valence-electron chi connectivity index (χ4n) is 5.77. The third kappa shape index (κ3) is 10.5. The lowest BCUT2D eigenvalue weighted by Gasteiger charge is -2.54. The molecular formula is C38H74N4O3Si3. The van der Waals surface area contributed by atoms with Crippen molar-refractivity contribution in [3.63, 3.8) is 0 Å². The van der Waals surface area contributed by atoms with Crippen molar-refractivity contribution in [2.75, 3.05) is 31.6 Å². The van der Waals surface area contributed by atoms with Gasteiger partial charge in [-0.15, -0.1) is 0 Å². The summed E-state index contributed by atoms with van der Waals surface area (Å²) in [5.41, 5.74) is 2.24. The van der Waals surface area contributed by atoms with Gasteiger partial charge in [0.05, 0.1) is 36.6 Å². The van der Waals surface area contributed by atoms with E-state index >= 15 is 0 Å². The highest BCUT2D eigenvalue weighted by atomic mass is 28.4. The summed E-state index contributed by atoms with van der Waals surface area (Å²) in [6, 6.07) is 6.58. The maximum atomic E-state index is 7.52. The van der Waals surface area contributed by atoms with E-state index in [2.05, 4.69) is 147 Å². The number of fused-ring (bicyclic) bond motifs is 1. The second kappa shape index (κ2) is 15.7. The number of benzene rings is 1. The number of hydrogen-bond acceptors (Lipinski definition) is 6. The molecule has 0 saturated carbocycles. The number of hydrogen-bond donors (Lipinski definition) is 2. The predicted octanol–water partition coefficient (Wildman–Crippen LogP) is 10.7. The van der Waals surface area contributed by atoms with Crippen LogP contribution in [-0.4, -0.2) is 84.5 Å². The molecule has 10 heteroatoms. The molecule has 1 aromatic heterocycles. The summed E-state index contributed by atoms with van der Waals surface area (Å²) in [5.74, 6) is 0.384. The molecule has 0 amide bonds. The Morgan fingerprint density at radius 2 is 1.35 bits per heavy atom. The van der Waals surface area contributed by atoms with Crippen LogP contribution in [0.3, 0.4) is 0 Å². The molecule has 0 spiro atoms. The van der Waals surface area contributed by atoms with E-state index in [1.165, 1.54) is 19.3 Å². The third-order valence-corrected chi connectivity index (χ3v) is 25.7. The van der Waals surface area contributed by atoms with Crippen molar-refractivity contribution >= 4 is 41.5 Å². The first-order valence-electron chi connectivity index (χ1n) is 18.8. The Labute approximate surface area is 298 Å². The van der Waals surface area contributed by atoms with Crippen LogP contribution in [0.15, 0.2) is 24.4 Å². The van der Waals surface area contributed by atoms with Gasteiger partial charge in [-0.1, -0.05) is 82.1 Å². The Balaban J connectivity index is 1.77. The summed E-state index contributed by atoms with van der Waals surface area (Å²) >= 11 is 0. The predicted molar refractivity (Wildman–Crippen MR) is 215 cm³/mol. The molecule has 4 atom stereocenters. The van der Waals surface area contributed by atoms with Gasteiger partial charge in [0.25, 0.3) is 0 Å². The van der Waals surface area contributed by atoms with Gasteiger partial charge in [-0.05, 0) is 97.9 Å². The minimum Gasteiger partial charge on any atom is -0.415 e. The minimum absolute atomic E-state index is 0.00898. The molecule has 1 aliphatic rings. The molecule has 1 aromatic carbocycles. The number of nitrogens with one attached hydrogen (secondary N) is 2. The third-order valence-electron chi connectivity index (χ3n) is 12.3. The average molecular weight is 719 g/mol. The van der Waals surface area contributed by atoms with Crippen LogP contribution in [0.1, 0.15) is 94.9 Å². The van der Waals surface area contributed by atoms with E-state index in [4.69, 9.17) is 13.3 Å². The number of anilines is 1. The summed E-state index contributed by atoms with van der Waals surface area (Å²) in [7, 11) is -6.12. The molecule has 1 saturated heterocycles. The van der Waals surface area contributed by atoms with Crippen LogP contribution < -0.4 is 5.32 Å². The van der Waals surface area contributed by atoms with Crippen molar-refractivity contribution < 1.29 is 13.3 Å². The lowest BCUT2D eigenvalue weighted by Crippen LogP contribution is -2.66. The SMILES string of the molecule is C[C@H]1CN(CCCCCCNc2ccc3[nH]ncc3c2)[C@H](CO[Si](C)(C)C(C)(C)C)[C@@H](O[Si](C)(C)C(C)(C)C)[C@@H]1O[Si](C)(C)C(C)(C)C. The number of unbranched alkanes of at least 4 members (excludes halogenated alkanes) is 3. The van der Waals surface area contributed by atoms with E-state index in [0.29, 0.717) is 12.5 Å². The van der Waals surface area contributed by atoms with Crippen molar-refractivity contribution in [3.05, 3.63) is 24.4 Å². The maximum Gasteiger partial charge on any atom is 0.192 e. The topological polar surface area (TPSA) is 71.6 Å². The monoisotopic (exact) mass is 719 g/mol. The molecular weight excluding hydrogens is 645 g/mol. The minimum atomic E-state index is -2.11. The molecule has 2 heterocycles. The number of H-pyrrole nitrogens is 1. The van der Waals surface area contributed by atoms with Crippen LogP contribution >= 0.6 is 0 Å². The lowest BCUT2D eigenvalue weighted by molar-refractivity contribution is -0.101. The van der Waals surface area contributed by atoms with Crippen LogP contribution in [0.4, 0.5) is 5.69 Å². The van der Waals surface area contributed by atoms with Crippen molar-refractivity contribution in [1.82, 2.24) is 15.1 Å². The standard InChI is InChI=1S/C38H74N4O3Si3/c1-29-27-42(24-20-18-17-19-23-39-31-21-22-32-30(25-31)26-40-41-32)33(28-43-46(11,12)36(2,3)4)35(45-48(15,16)38(8,9)10)34(29)44-47(13,14)37(5,6)7/h21-22,25-26,29,33-35,39H,17-20,23-24,27-28H2,1-16H3,(H,40,41)/t29-,33+,34+,35+/m0/s1. The number of nitrogens with zero attached hydrogens (tertiary/aromatic N) is 2. The van der Waals surface area contributed by atoms with Gasteiger partial charge >= 0.3 is 0 Å². The molecule has 0 bridgehead atoms. The van der Waals surface area contributed by atoms with E-state index in [1.54, 1.807) is 0 Å². The van der Waals surface area contributed by atoms with E-state index in [1.807, 2.05) is 6.20 Å². The molecule has 0 unspecified atom stereocenters. The highest BCUT2D eigenvalue weighted by Gasteiger charge is 2.52. The summed E-state index contributed by atoms with van der Waals surface area (Å²) < 4.78 is 22.0. The highest BCUT2D eigenvalue weighted by Crippen LogP contribution is 2.44. The summed E-state index contributed by atoms with van der Waals surface area (Å²) in [6.45, 7) is 41.8. The molecule has 1 fully saturated rings. The number of likely N-dealkylation sites (tertiary alicyclic amines) is 1. The zero-order valence-electron chi connectivity index (χ0n) is 33.9. The smallest absolute Gasteiger partial charge is 0.192 e. The molecule has 1 aliphatic heterocycles. The molecule has 276 valence electrons. The molecule has 2 aromatic rings. The Hall–Kier alpha value is -1.02. The van der Waals surface area contributed by atoms with Gasteiger partial charge in [-0.2, -0.15) is 5.10 Å². The number of aromatic amines is 1. The fraction of sp³-hybridized carbons (Fsp3) is 0.816. The summed E-state index contributed by atoms with van der Waals surface area (Å²) in [5, 5.41) is 12.3. The van der Waals surface area contributed by atoms with Gasteiger partial charge in [0.1, 0.15) is 0 Å². The highest BCUT2D eigenvalue weighted by molar-refractivity contribution is 6.75. The zero-order chi connectivity index (χ0) is 36.3. The normalized spacial score (nSPS) is 22.4. The molecule has 48 heavy (non-hydrogen) atoms. The maximum absolute atomic E-state index is 7.52. The van der Waals surface area contributed by atoms with Gasteiger partial charge < -0.3 is 18.6 Å². The van der Waals surface area contributed by atoms with E-state index in [9.17, 15) is 0 Å². The van der Waals surface area contributed by atoms with Crippen LogP contribution in [0, 0.1) is 5.92 Å². The number of piperidine rings is 1. The van der Waals surface area contributed by atoms with Crippen molar-refractivity contribution in [2.24, 2.45) is 5.92 Å². The molecule has 2 N–H and O–H groups in total. The first kappa shape index (κ1) is 41.4. The van der Waals surface area contributed by atoms with Crippen molar-refractivity contribution in [2.45, 2.75) is 168 Å². The van der Waals surface area contributed by atoms with Crippen LogP contribution in [-0.2, 0) is 13.3 Å². The molecule has 0 radical (unpaired) electrons. The van der Waals surface area contributed by atoms with E-state index < -0.39 is 25.0 Å². The van der Waals surface area contributed by atoms with Gasteiger partial charge in [0, 0.05) is 24.2 Å². The Morgan fingerprint density at radius 1 is 0.792 bits per heavy atom. The Kier molecular flexibility index (Phi) is 13.5. The second-order valence-corrected chi connectivity index (χ2v) is 33.6. The molecule has 3 rings (SSSR count). The zero-order valence-corrected chi connectivity index (χ0v) is 36.9. The quantitative estimate of drug-likeness (QED) is 0.141. The first-order valence-corrected chi connectivity index (χ1v) is 27.5. The van der Waals surface area contributed by atoms with Gasteiger partial charge in [-0.3, -0.25) is 10.00 Å². The fourth-order valence-corrected chi connectivity index (χ4v) is 9.51. The van der Waals surface area contributed by atoms with Crippen LogP contribution in [0.5, 0.6) is 0 Å². The number of aromatic nitrogens is 2. The van der Waals surface area contributed by atoms with E-state index in [-0.39, 0.29) is 33.4 Å². The molecule has 7 nitrogen and oxygen atoms in total. The van der Waals surface area contributed by atoms with E-state index in [0.717, 1.165) is 42.6 Å². The van der Waals surface area contributed by atoms with Crippen molar-refractivity contribution in [1.29, 1.82) is 0 Å². The first-order chi connectivity index (χ1) is 21.9. The summed E-state index contributed by atoms with van der Waals surface area (Å²) in [4.78, 5) is 2.74. The Bertz CT molecular complexity index is 1290. The lowest BCUT2D eigenvalue weighted by atomic mass is 9.88. The number of rotatable bonds is 15. The largest absolute Gasteiger partial charge is 0.415 e. The van der Waals surface area contributed by atoms with Gasteiger partial charge in [0.2, 0.25) is 0 Å².